The fraction of sp³-hybridized carbons (Fsp3) is 0.182. The van der Waals surface area contributed by atoms with E-state index in [-0.39, 0.29) is 5.91 Å². The van der Waals surface area contributed by atoms with Crippen molar-refractivity contribution in [2.45, 2.75) is 6.54 Å². The first-order valence-electron chi connectivity index (χ1n) is 5.00. The summed E-state index contributed by atoms with van der Waals surface area (Å²) in [7, 11) is 0. The molecule has 0 aliphatic rings. The molecule has 0 unspecified atom stereocenters. The summed E-state index contributed by atoms with van der Waals surface area (Å²) in [5.41, 5.74) is 0.626. The predicted molar refractivity (Wildman–Crippen MR) is 58.8 cm³/mol. The summed E-state index contributed by atoms with van der Waals surface area (Å²) in [5, 5.41) is 2.82. The van der Waals surface area contributed by atoms with Crippen molar-refractivity contribution in [2.75, 3.05) is 6.54 Å². The number of nitrogens with zero attached hydrogens (tertiary/aromatic N) is 3. The number of rotatable bonds is 4. The lowest BCUT2D eigenvalue weighted by Gasteiger charge is -2.05. The molecule has 16 heavy (non-hydrogen) atoms. The zero-order valence-corrected chi connectivity index (χ0v) is 8.71. The summed E-state index contributed by atoms with van der Waals surface area (Å²) in [4.78, 5) is 19.4. The molecule has 0 aromatic carbocycles. The molecule has 2 aromatic heterocycles. The van der Waals surface area contributed by atoms with Gasteiger partial charge in [0.15, 0.2) is 0 Å². The molecule has 0 atom stereocenters. The molecule has 2 aromatic rings. The van der Waals surface area contributed by atoms with Crippen molar-refractivity contribution in [1.82, 2.24) is 19.9 Å². The zero-order chi connectivity index (χ0) is 11.2. The van der Waals surface area contributed by atoms with E-state index in [0.717, 1.165) is 6.54 Å². The van der Waals surface area contributed by atoms with Crippen molar-refractivity contribution < 1.29 is 4.79 Å². The van der Waals surface area contributed by atoms with E-state index in [2.05, 4.69) is 15.3 Å². The van der Waals surface area contributed by atoms with Crippen LogP contribution in [0.2, 0.25) is 0 Å². The average Bonchev–Trinajstić information content (AvgIpc) is 2.83. The van der Waals surface area contributed by atoms with Crippen LogP contribution in [-0.2, 0) is 6.54 Å². The van der Waals surface area contributed by atoms with E-state index < -0.39 is 0 Å². The van der Waals surface area contributed by atoms with Gasteiger partial charge in [0.25, 0.3) is 5.91 Å². The summed E-state index contributed by atoms with van der Waals surface area (Å²) < 4.78 is 1.91. The fourth-order valence-corrected chi connectivity index (χ4v) is 1.32. The van der Waals surface area contributed by atoms with E-state index in [1.165, 1.54) is 0 Å². The summed E-state index contributed by atoms with van der Waals surface area (Å²) in [5.74, 6) is -0.0810. The van der Waals surface area contributed by atoms with Crippen LogP contribution in [0.3, 0.4) is 0 Å². The van der Waals surface area contributed by atoms with E-state index in [4.69, 9.17) is 0 Å². The molecule has 0 radical (unpaired) electrons. The standard InChI is InChI=1S/C11H12N4O/c16-11(10-1-3-12-4-2-10)14-6-8-15-7-5-13-9-15/h1-5,7,9H,6,8H2,(H,14,16). The Hall–Kier alpha value is -2.17. The van der Waals surface area contributed by atoms with Crippen LogP contribution >= 0.6 is 0 Å². The van der Waals surface area contributed by atoms with Gasteiger partial charge in [0.2, 0.25) is 0 Å². The Kier molecular flexibility index (Phi) is 3.28. The third-order valence-electron chi connectivity index (χ3n) is 2.16. The minimum Gasteiger partial charge on any atom is -0.350 e. The van der Waals surface area contributed by atoms with Gasteiger partial charge < -0.3 is 9.88 Å². The molecule has 0 saturated heterocycles. The molecule has 5 heteroatoms. The van der Waals surface area contributed by atoms with Gasteiger partial charge in [0.05, 0.1) is 6.33 Å². The van der Waals surface area contributed by atoms with E-state index in [9.17, 15) is 4.79 Å². The molecule has 0 aliphatic heterocycles. The van der Waals surface area contributed by atoms with Gasteiger partial charge in [-0.15, -0.1) is 0 Å². The minimum absolute atomic E-state index is 0.0810. The number of carbonyl (C=O) groups is 1. The quantitative estimate of drug-likeness (QED) is 0.818. The van der Waals surface area contributed by atoms with Gasteiger partial charge in [-0.25, -0.2) is 4.98 Å². The number of hydrogen-bond donors (Lipinski definition) is 1. The number of imidazole rings is 1. The van der Waals surface area contributed by atoms with Crippen LogP contribution in [0.4, 0.5) is 0 Å². The van der Waals surface area contributed by atoms with Crippen LogP contribution in [0.5, 0.6) is 0 Å². The lowest BCUT2D eigenvalue weighted by Crippen LogP contribution is -2.26. The van der Waals surface area contributed by atoms with Crippen molar-refractivity contribution >= 4 is 5.91 Å². The highest BCUT2D eigenvalue weighted by Crippen LogP contribution is 1.95. The smallest absolute Gasteiger partial charge is 0.251 e. The van der Waals surface area contributed by atoms with Crippen molar-refractivity contribution in [1.29, 1.82) is 0 Å². The Labute approximate surface area is 93.2 Å². The third kappa shape index (κ3) is 2.66. The highest BCUT2D eigenvalue weighted by atomic mass is 16.1. The maximum absolute atomic E-state index is 11.6. The normalized spacial score (nSPS) is 10.0. The van der Waals surface area contributed by atoms with Crippen molar-refractivity contribution in [3.05, 3.63) is 48.8 Å². The predicted octanol–water partition coefficient (Wildman–Crippen LogP) is 0.708. The Morgan fingerprint density at radius 2 is 2.06 bits per heavy atom. The molecule has 2 rings (SSSR count). The van der Waals surface area contributed by atoms with E-state index in [1.807, 2.05) is 10.8 Å². The average molecular weight is 216 g/mol. The van der Waals surface area contributed by atoms with Crippen molar-refractivity contribution in [2.24, 2.45) is 0 Å². The third-order valence-corrected chi connectivity index (χ3v) is 2.16. The van der Waals surface area contributed by atoms with Crippen LogP contribution in [0, 0.1) is 0 Å². The van der Waals surface area contributed by atoms with Crippen molar-refractivity contribution in [3.8, 4) is 0 Å². The molecule has 1 N–H and O–H groups in total. The van der Waals surface area contributed by atoms with Crippen LogP contribution in [-0.4, -0.2) is 27.0 Å². The number of pyridine rings is 1. The Morgan fingerprint density at radius 3 is 2.75 bits per heavy atom. The first-order valence-corrected chi connectivity index (χ1v) is 5.00. The lowest BCUT2D eigenvalue weighted by atomic mass is 10.2. The van der Waals surface area contributed by atoms with Gasteiger partial charge in [-0.1, -0.05) is 0 Å². The van der Waals surface area contributed by atoms with Gasteiger partial charge in [0, 0.05) is 43.4 Å². The maximum atomic E-state index is 11.6. The number of carbonyl (C=O) groups excluding carboxylic acids is 1. The molecular formula is C11H12N4O. The molecule has 0 aliphatic carbocycles. The minimum atomic E-state index is -0.0810. The van der Waals surface area contributed by atoms with Gasteiger partial charge in [-0.2, -0.15) is 0 Å². The van der Waals surface area contributed by atoms with Gasteiger partial charge in [0.1, 0.15) is 0 Å². The molecule has 0 bridgehead atoms. The second kappa shape index (κ2) is 5.06. The first-order chi connectivity index (χ1) is 7.86. The molecular weight excluding hydrogens is 204 g/mol. The second-order valence-corrected chi connectivity index (χ2v) is 3.29. The van der Waals surface area contributed by atoms with Gasteiger partial charge in [-0.3, -0.25) is 9.78 Å². The summed E-state index contributed by atoms with van der Waals surface area (Å²) >= 11 is 0. The number of nitrogens with one attached hydrogen (secondary N) is 1. The fourth-order valence-electron chi connectivity index (χ4n) is 1.32. The molecule has 2 heterocycles. The van der Waals surface area contributed by atoms with E-state index >= 15 is 0 Å². The number of aromatic nitrogens is 3. The molecule has 5 nitrogen and oxygen atoms in total. The lowest BCUT2D eigenvalue weighted by molar-refractivity contribution is 0.0952. The molecule has 0 spiro atoms. The SMILES string of the molecule is O=C(NCCn1ccnc1)c1ccncc1. The number of hydrogen-bond acceptors (Lipinski definition) is 3. The summed E-state index contributed by atoms with van der Waals surface area (Å²) in [6.07, 6.45) is 8.50. The largest absolute Gasteiger partial charge is 0.350 e. The summed E-state index contributed by atoms with van der Waals surface area (Å²) in [6.45, 7) is 1.30. The van der Waals surface area contributed by atoms with Gasteiger partial charge in [-0.05, 0) is 12.1 Å². The first kappa shape index (κ1) is 10.4. The Bertz CT molecular complexity index is 438. The zero-order valence-electron chi connectivity index (χ0n) is 8.71. The van der Waals surface area contributed by atoms with E-state index in [0.29, 0.717) is 12.1 Å². The Morgan fingerprint density at radius 1 is 1.25 bits per heavy atom. The van der Waals surface area contributed by atoms with E-state index in [1.54, 1.807) is 37.1 Å². The second-order valence-electron chi connectivity index (χ2n) is 3.29. The van der Waals surface area contributed by atoms with Crippen molar-refractivity contribution in [3.63, 3.8) is 0 Å². The highest BCUT2D eigenvalue weighted by Gasteiger charge is 2.02. The van der Waals surface area contributed by atoms with Crippen LogP contribution < -0.4 is 5.32 Å². The molecule has 0 saturated carbocycles. The Balaban J connectivity index is 1.81. The maximum Gasteiger partial charge on any atom is 0.251 e. The molecule has 82 valence electrons. The van der Waals surface area contributed by atoms with Gasteiger partial charge >= 0.3 is 0 Å². The topological polar surface area (TPSA) is 59.8 Å². The molecule has 0 fully saturated rings. The van der Waals surface area contributed by atoms with Crippen LogP contribution in [0.15, 0.2) is 43.2 Å². The van der Waals surface area contributed by atoms with Crippen LogP contribution in [0.25, 0.3) is 0 Å². The summed E-state index contributed by atoms with van der Waals surface area (Å²) in [6, 6.07) is 3.37. The monoisotopic (exact) mass is 216 g/mol. The number of amides is 1. The molecule has 1 amide bonds. The highest BCUT2D eigenvalue weighted by molar-refractivity contribution is 5.93. The van der Waals surface area contributed by atoms with Crippen LogP contribution in [0.1, 0.15) is 10.4 Å².